The van der Waals surface area contributed by atoms with Crippen molar-refractivity contribution in [1.29, 1.82) is 0 Å². The van der Waals surface area contributed by atoms with Crippen molar-refractivity contribution in [3.63, 3.8) is 0 Å². The van der Waals surface area contributed by atoms with Crippen molar-refractivity contribution in [2.45, 2.75) is 20.8 Å². The summed E-state index contributed by atoms with van der Waals surface area (Å²) in [4.78, 5) is 23.6. The molecule has 3 aromatic rings. The topological polar surface area (TPSA) is 65.7 Å². The van der Waals surface area contributed by atoms with Crippen molar-refractivity contribution in [3.05, 3.63) is 68.0 Å². The van der Waals surface area contributed by atoms with Gasteiger partial charge in [0.2, 0.25) is 0 Å². The van der Waals surface area contributed by atoms with Crippen LogP contribution in [-0.4, -0.2) is 12.6 Å². The Bertz CT molecular complexity index is 1030. The molecule has 5 nitrogen and oxygen atoms in total. The van der Waals surface area contributed by atoms with E-state index in [0.29, 0.717) is 17.1 Å². The van der Waals surface area contributed by atoms with Crippen molar-refractivity contribution in [2.75, 3.05) is 6.61 Å². The molecule has 0 saturated carbocycles. The van der Waals surface area contributed by atoms with Gasteiger partial charge >= 0.3 is 11.6 Å². The molecular formula is C20H17BrO5. The Morgan fingerprint density at radius 3 is 2.42 bits per heavy atom. The van der Waals surface area contributed by atoms with Gasteiger partial charge in [0, 0.05) is 22.0 Å². The number of aryl methyl sites for hydroxylation is 3. The highest BCUT2D eigenvalue weighted by Gasteiger charge is 2.12. The second-order valence-electron chi connectivity index (χ2n) is 6.04. The zero-order valence-corrected chi connectivity index (χ0v) is 16.2. The number of ether oxygens (including phenoxy) is 2. The Labute approximate surface area is 158 Å². The van der Waals surface area contributed by atoms with Crippen molar-refractivity contribution in [2.24, 2.45) is 0 Å². The third-order valence-corrected chi connectivity index (χ3v) is 4.37. The molecule has 26 heavy (non-hydrogen) atoms. The number of halogens is 1. The molecule has 0 aliphatic heterocycles. The summed E-state index contributed by atoms with van der Waals surface area (Å²) < 4.78 is 17.0. The van der Waals surface area contributed by atoms with Crippen LogP contribution in [0.5, 0.6) is 11.5 Å². The number of carbonyl (C=O) groups excluding carboxylic acids is 1. The lowest BCUT2D eigenvalue weighted by Gasteiger charge is -2.12. The molecule has 2 aromatic carbocycles. The van der Waals surface area contributed by atoms with Gasteiger partial charge in [0.05, 0.1) is 0 Å². The molecule has 3 rings (SSSR count). The zero-order valence-electron chi connectivity index (χ0n) is 14.6. The second-order valence-corrected chi connectivity index (χ2v) is 6.95. The van der Waals surface area contributed by atoms with Crippen molar-refractivity contribution < 1.29 is 18.7 Å². The number of fused-ring (bicyclic) bond motifs is 1. The first-order valence-corrected chi connectivity index (χ1v) is 8.77. The first kappa shape index (κ1) is 18.2. The molecular weight excluding hydrogens is 400 g/mol. The lowest BCUT2D eigenvalue weighted by molar-refractivity contribution is -0.136. The monoisotopic (exact) mass is 416 g/mol. The van der Waals surface area contributed by atoms with E-state index in [-0.39, 0.29) is 6.61 Å². The third kappa shape index (κ3) is 3.96. The quantitative estimate of drug-likeness (QED) is 0.356. The summed E-state index contributed by atoms with van der Waals surface area (Å²) >= 11 is 3.42. The fraction of sp³-hybridized carbons (Fsp3) is 0.200. The molecule has 0 saturated heterocycles. The molecule has 0 unspecified atom stereocenters. The van der Waals surface area contributed by atoms with Crippen molar-refractivity contribution >= 4 is 32.9 Å². The number of benzene rings is 2. The minimum atomic E-state index is -0.541. The molecule has 0 N–H and O–H groups in total. The fourth-order valence-corrected chi connectivity index (χ4v) is 3.47. The maximum atomic E-state index is 12.1. The second kappa shape index (κ2) is 7.33. The van der Waals surface area contributed by atoms with Crippen LogP contribution in [0.3, 0.4) is 0 Å². The van der Waals surface area contributed by atoms with Gasteiger partial charge in [0.1, 0.15) is 17.1 Å². The lowest BCUT2D eigenvalue weighted by atomic mass is 10.1. The van der Waals surface area contributed by atoms with Gasteiger partial charge in [-0.1, -0.05) is 15.9 Å². The van der Waals surface area contributed by atoms with Crippen molar-refractivity contribution in [1.82, 2.24) is 0 Å². The van der Waals surface area contributed by atoms with E-state index < -0.39 is 11.6 Å². The summed E-state index contributed by atoms with van der Waals surface area (Å²) in [5.41, 5.74) is 2.59. The Balaban J connectivity index is 1.72. The summed E-state index contributed by atoms with van der Waals surface area (Å²) in [6, 6.07) is 10.2. The van der Waals surface area contributed by atoms with Crippen LogP contribution >= 0.6 is 15.9 Å². The average Bonchev–Trinajstić information content (AvgIpc) is 2.53. The van der Waals surface area contributed by atoms with E-state index in [0.717, 1.165) is 26.5 Å². The Morgan fingerprint density at radius 2 is 1.73 bits per heavy atom. The van der Waals surface area contributed by atoms with Crippen LogP contribution in [-0.2, 0) is 4.79 Å². The Hall–Kier alpha value is -2.60. The molecule has 0 amide bonds. The Morgan fingerprint density at radius 1 is 1.04 bits per heavy atom. The smallest absolute Gasteiger partial charge is 0.349 e. The van der Waals surface area contributed by atoms with Gasteiger partial charge in [-0.25, -0.2) is 9.59 Å². The van der Waals surface area contributed by atoms with Crippen molar-refractivity contribution in [3.8, 4) is 11.5 Å². The van der Waals surface area contributed by atoms with Crippen LogP contribution in [0.4, 0.5) is 0 Å². The van der Waals surface area contributed by atoms with Crippen LogP contribution in [0.2, 0.25) is 0 Å². The number of hydrogen-bond donors (Lipinski definition) is 0. The number of hydrogen-bond acceptors (Lipinski definition) is 5. The minimum Gasteiger partial charge on any atom is -0.481 e. The summed E-state index contributed by atoms with van der Waals surface area (Å²) in [7, 11) is 0. The SMILES string of the molecule is Cc1cc(Br)cc(C)c1OCC(=O)Oc1ccc2c(C)cc(=O)oc2c1. The summed E-state index contributed by atoms with van der Waals surface area (Å²) in [6.07, 6.45) is 0. The van der Waals surface area contributed by atoms with Crippen LogP contribution in [0.1, 0.15) is 16.7 Å². The van der Waals surface area contributed by atoms with E-state index in [1.165, 1.54) is 12.1 Å². The maximum Gasteiger partial charge on any atom is 0.349 e. The highest BCUT2D eigenvalue weighted by atomic mass is 79.9. The maximum absolute atomic E-state index is 12.1. The molecule has 0 atom stereocenters. The van der Waals surface area contributed by atoms with E-state index in [1.807, 2.05) is 32.9 Å². The van der Waals surface area contributed by atoms with E-state index in [1.54, 1.807) is 12.1 Å². The first-order valence-electron chi connectivity index (χ1n) is 7.98. The molecule has 0 fully saturated rings. The van der Waals surface area contributed by atoms with Gasteiger partial charge in [-0.15, -0.1) is 0 Å². The normalized spacial score (nSPS) is 10.8. The first-order chi connectivity index (χ1) is 12.3. The molecule has 0 spiro atoms. The highest BCUT2D eigenvalue weighted by Crippen LogP contribution is 2.27. The van der Waals surface area contributed by atoms with Gasteiger partial charge < -0.3 is 13.9 Å². The predicted octanol–water partition coefficient (Wildman–Crippen LogP) is 4.47. The van der Waals surface area contributed by atoms with E-state index in [2.05, 4.69) is 15.9 Å². The summed E-state index contributed by atoms with van der Waals surface area (Å²) in [6.45, 7) is 5.42. The highest BCUT2D eigenvalue weighted by molar-refractivity contribution is 9.10. The van der Waals surface area contributed by atoms with E-state index in [4.69, 9.17) is 13.9 Å². The summed E-state index contributed by atoms with van der Waals surface area (Å²) in [5, 5.41) is 0.793. The predicted molar refractivity (Wildman–Crippen MR) is 102 cm³/mol. The third-order valence-electron chi connectivity index (χ3n) is 3.91. The summed E-state index contributed by atoms with van der Waals surface area (Å²) in [5.74, 6) is 0.412. The fourth-order valence-electron chi connectivity index (χ4n) is 2.79. The number of rotatable bonds is 4. The van der Waals surface area contributed by atoms with Crippen LogP contribution in [0, 0.1) is 20.8 Å². The van der Waals surface area contributed by atoms with E-state index in [9.17, 15) is 9.59 Å². The largest absolute Gasteiger partial charge is 0.481 e. The van der Waals surface area contributed by atoms with Crippen LogP contribution in [0.15, 0.2) is 50.1 Å². The van der Waals surface area contributed by atoms with Gasteiger partial charge in [-0.2, -0.15) is 0 Å². The standard InChI is InChI=1S/C20H17BrO5/c1-11-8-18(22)26-17-9-15(4-5-16(11)17)25-19(23)10-24-20-12(2)6-14(21)7-13(20)3/h4-9H,10H2,1-3H3. The molecule has 1 heterocycles. The zero-order chi connectivity index (χ0) is 18.8. The number of carbonyl (C=O) groups is 1. The minimum absolute atomic E-state index is 0.223. The average molecular weight is 417 g/mol. The molecule has 6 heteroatoms. The Kier molecular flexibility index (Phi) is 5.13. The lowest BCUT2D eigenvalue weighted by Crippen LogP contribution is -2.18. The number of esters is 1. The molecule has 1 aromatic heterocycles. The van der Waals surface area contributed by atoms with Gasteiger partial charge in [-0.3, -0.25) is 0 Å². The molecule has 0 bridgehead atoms. The van der Waals surface area contributed by atoms with Crippen LogP contribution < -0.4 is 15.1 Å². The molecule has 0 aliphatic rings. The van der Waals surface area contributed by atoms with Gasteiger partial charge in [0.25, 0.3) is 0 Å². The van der Waals surface area contributed by atoms with Gasteiger partial charge in [-0.05, 0) is 61.7 Å². The molecule has 0 aliphatic carbocycles. The van der Waals surface area contributed by atoms with Crippen LogP contribution in [0.25, 0.3) is 11.0 Å². The van der Waals surface area contributed by atoms with E-state index >= 15 is 0 Å². The van der Waals surface area contributed by atoms with Gasteiger partial charge in [0.15, 0.2) is 6.61 Å². The molecule has 134 valence electrons. The molecule has 0 radical (unpaired) electrons.